The Balaban J connectivity index is 2.21. The zero-order chi connectivity index (χ0) is 15.7. The van der Waals surface area contributed by atoms with Gasteiger partial charge in [0.25, 0.3) is 5.56 Å². The van der Waals surface area contributed by atoms with Crippen molar-refractivity contribution >= 4 is 23.5 Å². The van der Waals surface area contributed by atoms with Gasteiger partial charge in [-0.2, -0.15) is 0 Å². The normalized spacial score (nSPS) is 10.9. The first-order chi connectivity index (χ1) is 10.6. The standard InChI is InChI=1S/C16H15BN2O3/c1-2-10-9-11(17(21)22)7-8-12(10)15-18-14-6-4-3-5-13(14)16(20)19-15/h3-9,21-22H,2H2,1H3,(H,18,19,20). The molecule has 0 bridgehead atoms. The van der Waals surface area contributed by atoms with Crippen molar-refractivity contribution in [3.8, 4) is 11.4 Å². The second-order valence-corrected chi connectivity index (χ2v) is 5.08. The molecule has 0 atom stereocenters. The van der Waals surface area contributed by atoms with Crippen LogP contribution in [-0.4, -0.2) is 27.1 Å². The number of aromatic amines is 1. The summed E-state index contributed by atoms with van der Waals surface area (Å²) in [7, 11) is -1.51. The van der Waals surface area contributed by atoms with Gasteiger partial charge in [0, 0.05) is 5.56 Å². The number of fused-ring (bicyclic) bond motifs is 1. The maximum Gasteiger partial charge on any atom is 0.488 e. The zero-order valence-electron chi connectivity index (χ0n) is 12.1. The SMILES string of the molecule is CCc1cc(B(O)O)ccc1-c1nc2ccccc2c(=O)[nH]1. The Hall–Kier alpha value is -2.44. The molecule has 0 fully saturated rings. The summed E-state index contributed by atoms with van der Waals surface area (Å²) in [5.74, 6) is 0.486. The Morgan fingerprint density at radius 2 is 1.95 bits per heavy atom. The first kappa shape index (κ1) is 14.5. The van der Waals surface area contributed by atoms with E-state index in [0.29, 0.717) is 28.6 Å². The van der Waals surface area contributed by atoms with E-state index in [4.69, 9.17) is 0 Å². The molecule has 3 N–H and O–H groups in total. The molecule has 0 aliphatic heterocycles. The van der Waals surface area contributed by atoms with Gasteiger partial charge in [-0.15, -0.1) is 0 Å². The molecule has 3 aromatic rings. The van der Waals surface area contributed by atoms with E-state index in [9.17, 15) is 14.8 Å². The summed E-state index contributed by atoms with van der Waals surface area (Å²) in [6, 6.07) is 12.3. The van der Waals surface area contributed by atoms with Gasteiger partial charge in [-0.25, -0.2) is 4.98 Å². The first-order valence-electron chi connectivity index (χ1n) is 7.08. The molecule has 1 aromatic heterocycles. The van der Waals surface area contributed by atoms with Crippen LogP contribution in [-0.2, 0) is 6.42 Å². The molecule has 6 heteroatoms. The van der Waals surface area contributed by atoms with Crippen LogP contribution in [0.25, 0.3) is 22.3 Å². The van der Waals surface area contributed by atoms with Crippen LogP contribution in [0.5, 0.6) is 0 Å². The molecular formula is C16H15BN2O3. The van der Waals surface area contributed by atoms with Crippen LogP contribution in [0, 0.1) is 0 Å². The van der Waals surface area contributed by atoms with Crippen LogP contribution in [0.4, 0.5) is 0 Å². The van der Waals surface area contributed by atoms with Crippen LogP contribution in [0.15, 0.2) is 47.3 Å². The second kappa shape index (κ2) is 5.75. The van der Waals surface area contributed by atoms with E-state index in [2.05, 4.69) is 9.97 Å². The van der Waals surface area contributed by atoms with Crippen LogP contribution in [0.2, 0.25) is 0 Å². The van der Waals surface area contributed by atoms with Crippen molar-refractivity contribution in [2.24, 2.45) is 0 Å². The van der Waals surface area contributed by atoms with Gasteiger partial charge in [-0.05, 0) is 29.6 Å². The average molecular weight is 294 g/mol. The van der Waals surface area contributed by atoms with Crippen molar-refractivity contribution in [2.75, 3.05) is 0 Å². The van der Waals surface area contributed by atoms with Crippen molar-refractivity contribution in [1.82, 2.24) is 9.97 Å². The van der Waals surface area contributed by atoms with Gasteiger partial charge < -0.3 is 15.0 Å². The monoisotopic (exact) mass is 294 g/mol. The first-order valence-corrected chi connectivity index (χ1v) is 7.08. The molecule has 0 aliphatic rings. The lowest BCUT2D eigenvalue weighted by Crippen LogP contribution is -2.30. The van der Waals surface area contributed by atoms with Gasteiger partial charge in [-0.3, -0.25) is 4.79 Å². The third-order valence-electron chi connectivity index (χ3n) is 3.68. The Bertz CT molecular complexity index is 890. The molecule has 22 heavy (non-hydrogen) atoms. The summed E-state index contributed by atoms with van der Waals surface area (Å²) in [5.41, 5.74) is 2.55. The molecule has 110 valence electrons. The van der Waals surface area contributed by atoms with Crippen molar-refractivity contribution in [3.05, 3.63) is 58.4 Å². The van der Waals surface area contributed by atoms with Crippen molar-refractivity contribution in [2.45, 2.75) is 13.3 Å². The molecule has 0 unspecified atom stereocenters. The summed E-state index contributed by atoms with van der Waals surface area (Å²) < 4.78 is 0. The number of hydrogen-bond donors (Lipinski definition) is 3. The highest BCUT2D eigenvalue weighted by Crippen LogP contribution is 2.20. The lowest BCUT2D eigenvalue weighted by molar-refractivity contribution is 0.425. The number of aromatic nitrogens is 2. The Morgan fingerprint density at radius 1 is 1.18 bits per heavy atom. The molecule has 0 amide bonds. The fourth-order valence-corrected chi connectivity index (χ4v) is 2.51. The zero-order valence-corrected chi connectivity index (χ0v) is 12.1. The number of nitrogens with one attached hydrogen (secondary N) is 1. The van der Waals surface area contributed by atoms with Gasteiger partial charge in [0.1, 0.15) is 5.82 Å². The minimum atomic E-state index is -1.51. The van der Waals surface area contributed by atoms with Crippen LogP contribution in [0.3, 0.4) is 0 Å². The summed E-state index contributed by atoms with van der Waals surface area (Å²) in [6.07, 6.45) is 0.687. The summed E-state index contributed by atoms with van der Waals surface area (Å²) in [6.45, 7) is 1.96. The van der Waals surface area contributed by atoms with Gasteiger partial charge >= 0.3 is 7.12 Å². The Kier molecular flexibility index (Phi) is 3.79. The second-order valence-electron chi connectivity index (χ2n) is 5.08. The average Bonchev–Trinajstić information content (AvgIpc) is 2.54. The molecule has 0 spiro atoms. The van der Waals surface area contributed by atoms with Gasteiger partial charge in [-0.1, -0.05) is 37.3 Å². The summed E-state index contributed by atoms with van der Waals surface area (Å²) in [5, 5.41) is 19.1. The number of hydrogen-bond acceptors (Lipinski definition) is 4. The molecule has 0 saturated heterocycles. The molecular weight excluding hydrogens is 279 g/mol. The fraction of sp³-hybridized carbons (Fsp3) is 0.125. The van der Waals surface area contributed by atoms with Gasteiger partial charge in [0.05, 0.1) is 10.9 Å². The highest BCUT2D eigenvalue weighted by Gasteiger charge is 2.15. The number of benzene rings is 2. The summed E-state index contributed by atoms with van der Waals surface area (Å²) >= 11 is 0. The van der Waals surface area contributed by atoms with Gasteiger partial charge in [0.15, 0.2) is 0 Å². The molecule has 5 nitrogen and oxygen atoms in total. The molecule has 0 radical (unpaired) electrons. The number of rotatable bonds is 3. The van der Waals surface area contributed by atoms with E-state index in [0.717, 1.165) is 11.1 Å². The highest BCUT2D eigenvalue weighted by atomic mass is 16.4. The number of para-hydroxylation sites is 1. The van der Waals surface area contributed by atoms with E-state index in [-0.39, 0.29) is 5.56 Å². The minimum absolute atomic E-state index is 0.186. The van der Waals surface area contributed by atoms with Gasteiger partial charge in [0.2, 0.25) is 0 Å². The predicted molar refractivity (Wildman–Crippen MR) is 87.0 cm³/mol. The topological polar surface area (TPSA) is 86.2 Å². The van der Waals surface area contributed by atoms with E-state index in [1.165, 1.54) is 0 Å². The third-order valence-corrected chi connectivity index (χ3v) is 3.68. The quantitative estimate of drug-likeness (QED) is 0.625. The van der Waals surface area contributed by atoms with Crippen LogP contribution >= 0.6 is 0 Å². The molecule has 1 heterocycles. The maximum atomic E-state index is 12.2. The lowest BCUT2D eigenvalue weighted by Gasteiger charge is -2.10. The number of nitrogens with zero attached hydrogens (tertiary/aromatic N) is 1. The fourth-order valence-electron chi connectivity index (χ4n) is 2.51. The van der Waals surface area contributed by atoms with E-state index in [1.54, 1.807) is 36.4 Å². The van der Waals surface area contributed by atoms with Crippen LogP contribution < -0.4 is 11.0 Å². The van der Waals surface area contributed by atoms with Crippen molar-refractivity contribution in [3.63, 3.8) is 0 Å². The lowest BCUT2D eigenvalue weighted by atomic mass is 9.78. The Labute approximate surface area is 127 Å². The minimum Gasteiger partial charge on any atom is -0.423 e. The largest absolute Gasteiger partial charge is 0.488 e. The highest BCUT2D eigenvalue weighted by molar-refractivity contribution is 6.58. The van der Waals surface area contributed by atoms with E-state index in [1.807, 2.05) is 13.0 Å². The third kappa shape index (κ3) is 2.54. The van der Waals surface area contributed by atoms with Crippen molar-refractivity contribution in [1.29, 1.82) is 0 Å². The summed E-state index contributed by atoms with van der Waals surface area (Å²) in [4.78, 5) is 19.5. The number of aryl methyl sites for hydroxylation is 1. The predicted octanol–water partition coefficient (Wildman–Crippen LogP) is 0.832. The van der Waals surface area contributed by atoms with Crippen molar-refractivity contribution < 1.29 is 10.0 Å². The van der Waals surface area contributed by atoms with E-state index < -0.39 is 7.12 Å². The van der Waals surface area contributed by atoms with E-state index >= 15 is 0 Å². The molecule has 0 saturated carbocycles. The molecule has 2 aromatic carbocycles. The van der Waals surface area contributed by atoms with Crippen LogP contribution in [0.1, 0.15) is 12.5 Å². The number of H-pyrrole nitrogens is 1. The Morgan fingerprint density at radius 3 is 2.68 bits per heavy atom. The molecule has 0 aliphatic carbocycles. The maximum absolute atomic E-state index is 12.2. The smallest absolute Gasteiger partial charge is 0.423 e. The molecule has 3 rings (SSSR count).